The molecule has 0 aliphatic rings. The molecular weight excluding hydrogens is 474 g/mol. The molecule has 8 heteroatoms. The summed E-state index contributed by atoms with van der Waals surface area (Å²) in [6.07, 6.45) is -4.37. The summed E-state index contributed by atoms with van der Waals surface area (Å²) in [5.41, 5.74) is 4.87. The van der Waals surface area contributed by atoms with Gasteiger partial charge in [0.1, 0.15) is 11.5 Å². The second-order valence-electron chi connectivity index (χ2n) is 7.40. The van der Waals surface area contributed by atoms with E-state index in [2.05, 4.69) is 4.98 Å². The van der Waals surface area contributed by atoms with E-state index < -0.39 is 12.8 Å². The summed E-state index contributed by atoms with van der Waals surface area (Å²) in [6.45, 7) is 0.564. The molecule has 0 bridgehead atoms. The number of aryl methyl sites for hydroxylation is 1. The molecule has 0 N–H and O–H groups in total. The summed E-state index contributed by atoms with van der Waals surface area (Å²) in [5, 5.41) is 1.71. The molecule has 3 aromatic carbocycles. The molecule has 1 aromatic heterocycles. The van der Waals surface area contributed by atoms with Crippen LogP contribution in [0.15, 0.2) is 60.7 Å². The van der Waals surface area contributed by atoms with E-state index >= 15 is 0 Å². The standard InChI is InChI=1S/C25H18Cl2F3NO2/c1-14-23(24(27)19-11-20(26)22(32-2)12-21(19)31-14)17-5-3-15(4-6-17)16-7-9-18(10-8-16)33-13-25(28,29)30/h3-12H,13H2,1-2H3. The molecule has 33 heavy (non-hydrogen) atoms. The molecule has 0 radical (unpaired) electrons. The molecule has 170 valence electrons. The number of nitrogens with zero attached hydrogens (tertiary/aromatic N) is 1. The zero-order valence-corrected chi connectivity index (χ0v) is 19.1. The highest BCUT2D eigenvalue weighted by atomic mass is 35.5. The lowest BCUT2D eigenvalue weighted by atomic mass is 9.98. The Morgan fingerprint density at radius 3 is 2.03 bits per heavy atom. The number of hydrogen-bond acceptors (Lipinski definition) is 3. The van der Waals surface area contributed by atoms with Crippen LogP contribution in [0.4, 0.5) is 13.2 Å². The molecular formula is C25H18Cl2F3NO2. The Kier molecular flexibility index (Phi) is 6.41. The smallest absolute Gasteiger partial charge is 0.422 e. The first-order valence-electron chi connectivity index (χ1n) is 9.90. The second kappa shape index (κ2) is 9.12. The van der Waals surface area contributed by atoms with Crippen LogP contribution in [0.1, 0.15) is 5.69 Å². The largest absolute Gasteiger partial charge is 0.495 e. The Morgan fingerprint density at radius 1 is 0.879 bits per heavy atom. The first kappa shape index (κ1) is 23.2. The van der Waals surface area contributed by atoms with E-state index in [-0.39, 0.29) is 5.75 Å². The van der Waals surface area contributed by atoms with Crippen molar-refractivity contribution in [2.75, 3.05) is 13.7 Å². The van der Waals surface area contributed by atoms with Gasteiger partial charge in [-0.2, -0.15) is 13.2 Å². The number of hydrogen-bond donors (Lipinski definition) is 0. The van der Waals surface area contributed by atoms with Crippen LogP contribution < -0.4 is 9.47 Å². The molecule has 0 spiro atoms. The molecule has 0 aliphatic carbocycles. The van der Waals surface area contributed by atoms with Crippen molar-refractivity contribution in [3.8, 4) is 33.8 Å². The highest BCUT2D eigenvalue weighted by Crippen LogP contribution is 2.39. The van der Waals surface area contributed by atoms with Crippen LogP contribution in [-0.2, 0) is 0 Å². The third-order valence-corrected chi connectivity index (χ3v) is 5.83. The van der Waals surface area contributed by atoms with E-state index in [9.17, 15) is 13.2 Å². The van der Waals surface area contributed by atoms with Gasteiger partial charge in [0, 0.05) is 22.7 Å². The lowest BCUT2D eigenvalue weighted by molar-refractivity contribution is -0.153. The molecule has 1 heterocycles. The number of benzene rings is 3. The Labute approximate surface area is 198 Å². The van der Waals surface area contributed by atoms with Gasteiger partial charge in [0.25, 0.3) is 0 Å². The summed E-state index contributed by atoms with van der Waals surface area (Å²) in [6, 6.07) is 17.6. The minimum Gasteiger partial charge on any atom is -0.495 e. The van der Waals surface area contributed by atoms with Crippen LogP contribution in [0.5, 0.6) is 11.5 Å². The van der Waals surface area contributed by atoms with Gasteiger partial charge in [0.2, 0.25) is 0 Å². The zero-order chi connectivity index (χ0) is 23.8. The van der Waals surface area contributed by atoms with Crippen LogP contribution in [-0.4, -0.2) is 24.9 Å². The number of halogens is 5. The van der Waals surface area contributed by atoms with Crippen LogP contribution >= 0.6 is 23.2 Å². The van der Waals surface area contributed by atoms with E-state index in [4.69, 9.17) is 32.7 Å². The predicted molar refractivity (Wildman–Crippen MR) is 125 cm³/mol. The SMILES string of the molecule is COc1cc2nc(C)c(-c3ccc(-c4ccc(OCC(F)(F)F)cc4)cc3)c(Cl)c2cc1Cl. The predicted octanol–water partition coefficient (Wildman–Crippen LogP) is 8.13. The molecule has 3 nitrogen and oxygen atoms in total. The minimum atomic E-state index is -4.37. The molecule has 0 unspecified atom stereocenters. The van der Waals surface area contributed by atoms with Crippen LogP contribution in [0, 0.1) is 6.92 Å². The maximum Gasteiger partial charge on any atom is 0.422 e. The molecule has 0 fully saturated rings. The summed E-state index contributed by atoms with van der Waals surface area (Å²) in [5.74, 6) is 0.687. The summed E-state index contributed by atoms with van der Waals surface area (Å²) >= 11 is 13.0. The van der Waals surface area contributed by atoms with Crippen LogP contribution in [0.2, 0.25) is 10.0 Å². The number of ether oxygens (including phenoxy) is 2. The maximum absolute atomic E-state index is 12.3. The Morgan fingerprint density at radius 2 is 1.45 bits per heavy atom. The van der Waals surface area contributed by atoms with Crippen molar-refractivity contribution in [1.29, 1.82) is 0 Å². The highest BCUT2D eigenvalue weighted by molar-refractivity contribution is 6.39. The Bertz CT molecular complexity index is 1310. The van der Waals surface area contributed by atoms with Gasteiger partial charge in [0.05, 0.1) is 22.7 Å². The Balaban J connectivity index is 1.63. The van der Waals surface area contributed by atoms with Crippen molar-refractivity contribution < 1.29 is 22.6 Å². The van der Waals surface area contributed by atoms with Crippen molar-refractivity contribution >= 4 is 34.1 Å². The number of rotatable bonds is 5. The van der Waals surface area contributed by atoms with Gasteiger partial charge >= 0.3 is 6.18 Å². The molecule has 0 saturated heterocycles. The van der Waals surface area contributed by atoms with Crippen molar-refractivity contribution in [3.63, 3.8) is 0 Å². The number of fused-ring (bicyclic) bond motifs is 1. The van der Waals surface area contributed by atoms with Gasteiger partial charge in [-0.25, -0.2) is 0 Å². The minimum absolute atomic E-state index is 0.160. The molecule has 0 atom stereocenters. The summed E-state index contributed by atoms with van der Waals surface area (Å²) < 4.78 is 47.0. The van der Waals surface area contributed by atoms with Crippen molar-refractivity contribution in [3.05, 3.63) is 76.4 Å². The monoisotopic (exact) mass is 491 g/mol. The van der Waals surface area contributed by atoms with E-state index in [1.54, 1.807) is 31.4 Å². The van der Waals surface area contributed by atoms with Crippen molar-refractivity contribution in [2.24, 2.45) is 0 Å². The summed E-state index contributed by atoms with van der Waals surface area (Å²) in [7, 11) is 1.54. The van der Waals surface area contributed by atoms with Gasteiger partial charge < -0.3 is 9.47 Å². The number of methoxy groups -OCH3 is 1. The van der Waals surface area contributed by atoms with E-state index in [1.165, 1.54) is 12.1 Å². The Hall–Kier alpha value is -2.96. The number of aromatic nitrogens is 1. The second-order valence-corrected chi connectivity index (χ2v) is 8.18. The normalized spacial score (nSPS) is 11.6. The van der Waals surface area contributed by atoms with E-state index in [0.29, 0.717) is 21.3 Å². The van der Waals surface area contributed by atoms with Crippen molar-refractivity contribution in [2.45, 2.75) is 13.1 Å². The maximum atomic E-state index is 12.3. The van der Waals surface area contributed by atoms with Gasteiger partial charge in [-0.3, -0.25) is 4.98 Å². The first-order chi connectivity index (χ1) is 15.7. The van der Waals surface area contributed by atoms with Gasteiger partial charge in [-0.15, -0.1) is 0 Å². The topological polar surface area (TPSA) is 31.4 Å². The third-order valence-electron chi connectivity index (χ3n) is 5.14. The fraction of sp³-hybridized carbons (Fsp3) is 0.160. The molecule has 0 amide bonds. The molecule has 0 saturated carbocycles. The number of alkyl halides is 3. The first-order valence-corrected chi connectivity index (χ1v) is 10.7. The van der Waals surface area contributed by atoms with Crippen LogP contribution in [0.3, 0.4) is 0 Å². The fourth-order valence-corrected chi connectivity index (χ4v) is 4.21. The lowest BCUT2D eigenvalue weighted by Gasteiger charge is -2.14. The zero-order valence-electron chi connectivity index (χ0n) is 17.6. The average Bonchev–Trinajstić information content (AvgIpc) is 2.78. The highest BCUT2D eigenvalue weighted by Gasteiger charge is 2.28. The molecule has 0 aliphatic heterocycles. The van der Waals surface area contributed by atoms with Gasteiger partial charge in [0.15, 0.2) is 6.61 Å². The van der Waals surface area contributed by atoms with Crippen molar-refractivity contribution in [1.82, 2.24) is 4.98 Å². The fourth-order valence-electron chi connectivity index (χ4n) is 3.57. The summed E-state index contributed by atoms with van der Waals surface area (Å²) in [4.78, 5) is 4.67. The number of pyridine rings is 1. The molecule has 4 rings (SSSR count). The lowest BCUT2D eigenvalue weighted by Crippen LogP contribution is -2.19. The van der Waals surface area contributed by atoms with E-state index in [1.807, 2.05) is 31.2 Å². The quantitative estimate of drug-likeness (QED) is 0.282. The third kappa shape index (κ3) is 5.02. The van der Waals surface area contributed by atoms with Gasteiger partial charge in [-0.1, -0.05) is 59.6 Å². The van der Waals surface area contributed by atoms with E-state index in [0.717, 1.165) is 33.3 Å². The average molecular weight is 492 g/mol. The molecule has 4 aromatic rings. The van der Waals surface area contributed by atoms with Crippen LogP contribution in [0.25, 0.3) is 33.2 Å². The van der Waals surface area contributed by atoms with Gasteiger partial charge in [-0.05, 0) is 41.8 Å².